The first kappa shape index (κ1) is 26.0. The molecule has 0 bridgehead atoms. The fraction of sp³-hybridized carbons (Fsp3) is 0.286. The molecule has 1 saturated heterocycles. The van der Waals surface area contributed by atoms with Gasteiger partial charge >= 0.3 is 6.09 Å². The van der Waals surface area contributed by atoms with Gasteiger partial charge in [-0.05, 0) is 55.7 Å². The van der Waals surface area contributed by atoms with E-state index >= 15 is 0 Å². The van der Waals surface area contributed by atoms with E-state index in [4.69, 9.17) is 4.74 Å². The third-order valence-electron chi connectivity index (χ3n) is 6.32. The maximum absolute atomic E-state index is 13.7. The number of benzene rings is 3. The zero-order valence-electron chi connectivity index (χ0n) is 20.7. The summed E-state index contributed by atoms with van der Waals surface area (Å²) in [6.45, 7) is 3.53. The summed E-state index contributed by atoms with van der Waals surface area (Å²) in [7, 11) is -3.88. The first-order chi connectivity index (χ1) is 17.9. The molecule has 0 aliphatic carbocycles. The highest BCUT2D eigenvalue weighted by molar-refractivity contribution is 7.92. The summed E-state index contributed by atoms with van der Waals surface area (Å²) in [5.74, 6) is 0. The van der Waals surface area contributed by atoms with E-state index in [1.54, 1.807) is 49.4 Å². The van der Waals surface area contributed by atoms with Gasteiger partial charge in [0.2, 0.25) is 0 Å². The molecule has 37 heavy (non-hydrogen) atoms. The number of piperidine rings is 1. The average molecular weight is 519 g/mol. The highest BCUT2D eigenvalue weighted by Gasteiger charge is 2.27. The van der Waals surface area contributed by atoms with Crippen molar-refractivity contribution in [2.45, 2.75) is 37.2 Å². The van der Waals surface area contributed by atoms with E-state index in [9.17, 15) is 18.5 Å². The van der Waals surface area contributed by atoms with E-state index in [2.05, 4.69) is 16.3 Å². The van der Waals surface area contributed by atoms with Crippen LogP contribution in [0.15, 0.2) is 83.8 Å². The van der Waals surface area contributed by atoms with E-state index in [1.807, 2.05) is 36.4 Å². The quantitative estimate of drug-likeness (QED) is 0.465. The molecule has 3 aromatic carbocycles. The number of carbonyl (C=O) groups excluding carboxylic acids is 1. The molecule has 4 rings (SSSR count). The number of anilines is 2. The van der Waals surface area contributed by atoms with Crippen LogP contribution in [-0.4, -0.2) is 40.2 Å². The highest BCUT2D eigenvalue weighted by atomic mass is 32.2. The van der Waals surface area contributed by atoms with Gasteiger partial charge in [0.25, 0.3) is 10.0 Å². The summed E-state index contributed by atoms with van der Waals surface area (Å²) >= 11 is 0. The number of nitrogens with zero attached hydrogens (tertiary/aromatic N) is 3. The highest BCUT2D eigenvalue weighted by Crippen LogP contribution is 2.32. The minimum atomic E-state index is -3.88. The SMILES string of the molecule is CCOC(=O)NC1CCN(c2ccc(N(Cc3ccccc3)S(=O)(=O)c3ccccc3)cc2C#N)CC1. The van der Waals surface area contributed by atoms with Crippen molar-refractivity contribution in [3.63, 3.8) is 0 Å². The van der Waals surface area contributed by atoms with Crippen LogP contribution in [-0.2, 0) is 21.3 Å². The van der Waals surface area contributed by atoms with Crippen LogP contribution >= 0.6 is 0 Å². The number of rotatable bonds is 8. The number of nitrogens with one attached hydrogen (secondary N) is 1. The number of ether oxygens (including phenoxy) is 1. The van der Waals surface area contributed by atoms with Crippen molar-refractivity contribution in [1.82, 2.24) is 5.32 Å². The average Bonchev–Trinajstić information content (AvgIpc) is 2.93. The Labute approximate surface area is 218 Å². The molecular weight excluding hydrogens is 488 g/mol. The van der Waals surface area contributed by atoms with Gasteiger partial charge in [-0.1, -0.05) is 48.5 Å². The van der Waals surface area contributed by atoms with E-state index in [1.165, 1.54) is 4.31 Å². The van der Waals surface area contributed by atoms with Crippen molar-refractivity contribution in [3.8, 4) is 6.07 Å². The molecule has 8 nitrogen and oxygen atoms in total. The van der Waals surface area contributed by atoms with Gasteiger partial charge in [0.1, 0.15) is 6.07 Å². The fourth-order valence-electron chi connectivity index (χ4n) is 4.43. The van der Waals surface area contributed by atoms with Gasteiger partial charge in [-0.2, -0.15) is 5.26 Å². The van der Waals surface area contributed by atoms with Crippen molar-refractivity contribution in [1.29, 1.82) is 5.26 Å². The number of nitriles is 1. The van der Waals surface area contributed by atoms with E-state index < -0.39 is 16.1 Å². The van der Waals surface area contributed by atoms with E-state index in [0.29, 0.717) is 43.8 Å². The summed E-state index contributed by atoms with van der Waals surface area (Å²) < 4.78 is 33.7. The molecule has 9 heteroatoms. The van der Waals surface area contributed by atoms with Crippen LogP contribution in [0.1, 0.15) is 30.9 Å². The molecule has 1 heterocycles. The minimum absolute atomic E-state index is 0.0116. The molecule has 1 amide bonds. The van der Waals surface area contributed by atoms with Crippen molar-refractivity contribution >= 4 is 27.5 Å². The first-order valence-electron chi connectivity index (χ1n) is 12.3. The second-order valence-electron chi connectivity index (χ2n) is 8.75. The van der Waals surface area contributed by atoms with Gasteiger partial charge < -0.3 is 15.0 Å². The molecule has 192 valence electrons. The molecule has 1 fully saturated rings. The monoisotopic (exact) mass is 518 g/mol. The van der Waals surface area contributed by atoms with Crippen LogP contribution in [0.2, 0.25) is 0 Å². The lowest BCUT2D eigenvalue weighted by molar-refractivity contribution is 0.146. The number of sulfonamides is 1. The Kier molecular flexibility index (Phi) is 8.31. The Hall–Kier alpha value is -4.03. The van der Waals surface area contributed by atoms with Crippen LogP contribution in [0.5, 0.6) is 0 Å². The lowest BCUT2D eigenvalue weighted by atomic mass is 10.0. The zero-order valence-corrected chi connectivity index (χ0v) is 21.5. The van der Waals surface area contributed by atoms with E-state index in [0.717, 1.165) is 11.3 Å². The smallest absolute Gasteiger partial charge is 0.407 e. The summed E-state index contributed by atoms with van der Waals surface area (Å²) in [5, 5.41) is 12.9. The summed E-state index contributed by atoms with van der Waals surface area (Å²) in [6.07, 6.45) is 1.02. The third-order valence-corrected chi connectivity index (χ3v) is 8.11. The fourth-order valence-corrected chi connectivity index (χ4v) is 5.90. The summed E-state index contributed by atoms with van der Waals surface area (Å²) in [6, 6.07) is 25.1. The maximum atomic E-state index is 13.7. The first-order valence-corrected chi connectivity index (χ1v) is 13.7. The molecule has 1 N–H and O–H groups in total. The van der Waals surface area contributed by atoms with Crippen LogP contribution in [0.4, 0.5) is 16.2 Å². The molecule has 0 radical (unpaired) electrons. The topological polar surface area (TPSA) is 103 Å². The van der Waals surface area contributed by atoms with Gasteiger partial charge in [-0.3, -0.25) is 4.31 Å². The molecule has 0 atom stereocenters. The standard InChI is InChI=1S/C28H30N4O4S/c1-2-36-28(33)30-24-15-17-31(18-16-24)27-14-13-25(19-23(27)20-29)32(21-22-9-5-3-6-10-22)37(34,35)26-11-7-4-8-12-26/h3-14,19,24H,2,15-18,21H2,1H3,(H,30,33). The molecule has 0 saturated carbocycles. The predicted molar refractivity (Wildman–Crippen MR) is 143 cm³/mol. The van der Waals surface area contributed by atoms with Gasteiger partial charge in [-0.25, -0.2) is 13.2 Å². The largest absolute Gasteiger partial charge is 0.450 e. The Morgan fingerprint density at radius 2 is 1.70 bits per heavy atom. The van der Waals surface area contributed by atoms with Gasteiger partial charge in [0.15, 0.2) is 0 Å². The molecule has 3 aromatic rings. The normalized spacial score (nSPS) is 14.0. The van der Waals surface area contributed by atoms with E-state index in [-0.39, 0.29) is 17.5 Å². The van der Waals surface area contributed by atoms with Crippen LogP contribution in [0.25, 0.3) is 0 Å². The van der Waals surface area contributed by atoms with Gasteiger partial charge in [0, 0.05) is 19.1 Å². The second-order valence-corrected chi connectivity index (χ2v) is 10.6. The van der Waals surface area contributed by atoms with Crippen LogP contribution < -0.4 is 14.5 Å². The number of hydrogen-bond acceptors (Lipinski definition) is 6. The maximum Gasteiger partial charge on any atom is 0.407 e. The lowest BCUT2D eigenvalue weighted by Crippen LogP contribution is -2.45. The number of hydrogen-bond donors (Lipinski definition) is 1. The second kappa shape index (κ2) is 11.8. The summed E-state index contributed by atoms with van der Waals surface area (Å²) in [4.78, 5) is 14.0. The van der Waals surface area contributed by atoms with Crippen molar-refractivity contribution in [3.05, 3.63) is 90.0 Å². The number of carbonyl (C=O) groups is 1. The minimum Gasteiger partial charge on any atom is -0.450 e. The number of alkyl carbamates (subject to hydrolysis) is 1. The molecular formula is C28H30N4O4S. The zero-order chi connectivity index (χ0) is 26.3. The van der Waals surface area contributed by atoms with Crippen LogP contribution in [0.3, 0.4) is 0 Å². The summed E-state index contributed by atoms with van der Waals surface area (Å²) in [5.41, 5.74) is 2.40. The van der Waals surface area contributed by atoms with Crippen molar-refractivity contribution < 1.29 is 17.9 Å². The third kappa shape index (κ3) is 6.22. The Morgan fingerprint density at radius 1 is 1.05 bits per heavy atom. The lowest BCUT2D eigenvalue weighted by Gasteiger charge is -2.34. The van der Waals surface area contributed by atoms with Crippen molar-refractivity contribution in [2.24, 2.45) is 0 Å². The molecule has 1 aliphatic rings. The van der Waals surface area contributed by atoms with Gasteiger partial charge in [-0.15, -0.1) is 0 Å². The predicted octanol–water partition coefficient (Wildman–Crippen LogP) is 4.67. The molecule has 0 aromatic heterocycles. The Bertz CT molecular complexity index is 1350. The van der Waals surface area contributed by atoms with Crippen LogP contribution in [0, 0.1) is 11.3 Å². The van der Waals surface area contributed by atoms with Gasteiger partial charge in [0.05, 0.1) is 35.0 Å². The molecule has 1 aliphatic heterocycles. The number of amides is 1. The van der Waals surface area contributed by atoms with Crippen molar-refractivity contribution in [2.75, 3.05) is 28.9 Å². The Balaban J connectivity index is 1.60. The Morgan fingerprint density at radius 3 is 2.32 bits per heavy atom. The molecule has 0 unspecified atom stereocenters. The molecule has 0 spiro atoms.